The number of carbonyl (C=O) groups excluding carboxylic acids is 3. The minimum absolute atomic E-state index is 0.0255. The Morgan fingerprint density at radius 3 is 2.62 bits per heavy atom. The van der Waals surface area contributed by atoms with E-state index >= 15 is 0 Å². The van der Waals surface area contributed by atoms with Gasteiger partial charge in [0.25, 0.3) is 0 Å². The maximum Gasteiger partial charge on any atom is 0.331 e. The molecule has 0 radical (unpaired) electrons. The zero-order valence-electron chi connectivity index (χ0n) is 11.8. The first-order valence-electron chi connectivity index (χ1n) is 7.07. The average molecular weight is 291 g/mol. The molecule has 2 aliphatic rings. The van der Waals surface area contributed by atoms with Crippen molar-refractivity contribution in [2.75, 3.05) is 0 Å². The Hall–Kier alpha value is -2.25. The summed E-state index contributed by atoms with van der Waals surface area (Å²) >= 11 is 0. The molecule has 1 atom stereocenters. The lowest BCUT2D eigenvalue weighted by molar-refractivity contribution is -0.145. The van der Waals surface area contributed by atoms with E-state index in [1.807, 2.05) is 0 Å². The van der Waals surface area contributed by atoms with Crippen molar-refractivity contribution in [2.24, 2.45) is 18.9 Å². The molecule has 0 aromatic carbocycles. The van der Waals surface area contributed by atoms with Gasteiger partial charge in [-0.05, 0) is 18.8 Å². The molecular weight excluding hydrogens is 274 g/mol. The number of amides is 4. The van der Waals surface area contributed by atoms with E-state index in [1.54, 1.807) is 11.6 Å². The quantitative estimate of drug-likeness (QED) is 0.802. The van der Waals surface area contributed by atoms with Crippen molar-refractivity contribution >= 4 is 17.8 Å². The summed E-state index contributed by atoms with van der Waals surface area (Å²) in [6.45, 7) is 0.0255. The highest BCUT2D eigenvalue weighted by Crippen LogP contribution is 2.34. The number of nitrogens with zero attached hydrogens (tertiary/aromatic N) is 4. The van der Waals surface area contributed by atoms with Crippen LogP contribution in [0.3, 0.4) is 0 Å². The van der Waals surface area contributed by atoms with Crippen molar-refractivity contribution in [2.45, 2.75) is 32.2 Å². The van der Waals surface area contributed by atoms with Gasteiger partial charge in [0, 0.05) is 7.05 Å². The second-order valence-electron chi connectivity index (χ2n) is 5.60. The molecule has 1 aromatic rings. The molecule has 1 saturated carbocycles. The van der Waals surface area contributed by atoms with Crippen LogP contribution < -0.4 is 5.32 Å². The standard InChI is InChI=1S/C13H17N5O3/c1-17-7-14-16-9(17)6-18-12(20)10(8-4-2-3-5-8)11(19)15-13(18)21/h7-8,10H,2-6H2,1H3,(H,15,19,21). The third-order valence-electron chi connectivity index (χ3n) is 4.27. The topological polar surface area (TPSA) is 97.2 Å². The lowest BCUT2D eigenvalue weighted by Crippen LogP contribution is -2.59. The van der Waals surface area contributed by atoms with Crippen LogP contribution in [0.4, 0.5) is 4.79 Å². The molecule has 1 saturated heterocycles. The maximum atomic E-state index is 12.6. The van der Waals surface area contributed by atoms with Crippen LogP contribution in [0.15, 0.2) is 6.33 Å². The Balaban J connectivity index is 1.82. The molecule has 1 unspecified atom stereocenters. The monoisotopic (exact) mass is 291 g/mol. The molecule has 0 bridgehead atoms. The van der Waals surface area contributed by atoms with Gasteiger partial charge >= 0.3 is 6.03 Å². The molecule has 1 N–H and O–H groups in total. The molecule has 8 heteroatoms. The maximum absolute atomic E-state index is 12.6. The number of urea groups is 1. The molecule has 8 nitrogen and oxygen atoms in total. The Kier molecular flexibility index (Phi) is 3.44. The van der Waals surface area contributed by atoms with Gasteiger partial charge < -0.3 is 4.57 Å². The first kappa shape index (κ1) is 13.7. The molecule has 1 aliphatic carbocycles. The molecule has 2 heterocycles. The third kappa shape index (κ3) is 2.41. The number of rotatable bonds is 3. The van der Waals surface area contributed by atoms with Crippen molar-refractivity contribution in [1.29, 1.82) is 0 Å². The van der Waals surface area contributed by atoms with Gasteiger partial charge in [0.1, 0.15) is 12.2 Å². The van der Waals surface area contributed by atoms with Crippen molar-refractivity contribution in [3.05, 3.63) is 12.2 Å². The lowest BCUT2D eigenvalue weighted by Gasteiger charge is -2.32. The molecule has 3 rings (SSSR count). The molecule has 21 heavy (non-hydrogen) atoms. The second kappa shape index (κ2) is 5.27. The number of hydrogen-bond donors (Lipinski definition) is 1. The van der Waals surface area contributed by atoms with Gasteiger partial charge in [0.2, 0.25) is 11.8 Å². The fraction of sp³-hybridized carbons (Fsp3) is 0.615. The van der Waals surface area contributed by atoms with E-state index in [-0.39, 0.29) is 12.5 Å². The minimum atomic E-state index is -0.751. The van der Waals surface area contributed by atoms with Crippen LogP contribution in [0.25, 0.3) is 0 Å². The van der Waals surface area contributed by atoms with Crippen molar-refractivity contribution < 1.29 is 14.4 Å². The highest BCUT2D eigenvalue weighted by Gasteiger charge is 2.45. The summed E-state index contributed by atoms with van der Waals surface area (Å²) in [5, 5.41) is 9.89. The largest absolute Gasteiger partial charge is 0.331 e. The zero-order valence-corrected chi connectivity index (χ0v) is 11.8. The molecule has 0 spiro atoms. The molecule has 1 aliphatic heterocycles. The normalized spacial score (nSPS) is 23.8. The number of barbiturate groups is 1. The molecule has 4 amide bonds. The average Bonchev–Trinajstić information content (AvgIpc) is 3.07. The predicted octanol–water partition coefficient (Wildman–Crippen LogP) is 0.200. The Labute approximate surface area is 121 Å². The molecule has 1 aromatic heterocycles. The van der Waals surface area contributed by atoms with E-state index in [1.165, 1.54) is 6.33 Å². The highest BCUT2D eigenvalue weighted by atomic mass is 16.2. The minimum Gasteiger partial charge on any atom is -0.319 e. The predicted molar refractivity (Wildman–Crippen MR) is 70.5 cm³/mol. The van der Waals surface area contributed by atoms with Crippen LogP contribution in [0, 0.1) is 11.8 Å². The zero-order chi connectivity index (χ0) is 15.0. The van der Waals surface area contributed by atoms with Gasteiger partial charge in [-0.3, -0.25) is 19.8 Å². The van der Waals surface area contributed by atoms with E-state index in [0.29, 0.717) is 5.82 Å². The number of aromatic nitrogens is 3. The lowest BCUT2D eigenvalue weighted by atomic mass is 9.87. The summed E-state index contributed by atoms with van der Waals surface area (Å²) in [4.78, 5) is 37.6. The number of nitrogens with one attached hydrogen (secondary N) is 1. The van der Waals surface area contributed by atoms with Gasteiger partial charge in [0.15, 0.2) is 5.82 Å². The van der Waals surface area contributed by atoms with Gasteiger partial charge in [-0.25, -0.2) is 4.79 Å². The molecule has 2 fully saturated rings. The second-order valence-corrected chi connectivity index (χ2v) is 5.60. The van der Waals surface area contributed by atoms with Crippen molar-refractivity contribution in [3.63, 3.8) is 0 Å². The van der Waals surface area contributed by atoms with E-state index in [4.69, 9.17) is 0 Å². The number of hydrogen-bond acceptors (Lipinski definition) is 5. The first-order valence-corrected chi connectivity index (χ1v) is 7.07. The summed E-state index contributed by atoms with van der Waals surface area (Å²) < 4.78 is 1.64. The summed E-state index contributed by atoms with van der Waals surface area (Å²) in [5.74, 6) is -1.10. The van der Waals surface area contributed by atoms with Gasteiger partial charge in [0.05, 0.1) is 6.54 Å². The van der Waals surface area contributed by atoms with Crippen LogP contribution in [-0.4, -0.2) is 37.5 Å². The van der Waals surface area contributed by atoms with E-state index in [9.17, 15) is 14.4 Å². The van der Waals surface area contributed by atoms with Gasteiger partial charge in [-0.2, -0.15) is 0 Å². The van der Waals surface area contributed by atoms with Crippen LogP contribution in [-0.2, 0) is 23.2 Å². The molecular formula is C13H17N5O3. The first-order chi connectivity index (χ1) is 10.1. The number of aryl methyl sites for hydroxylation is 1. The van der Waals surface area contributed by atoms with Crippen molar-refractivity contribution in [1.82, 2.24) is 25.0 Å². The van der Waals surface area contributed by atoms with E-state index < -0.39 is 23.8 Å². The van der Waals surface area contributed by atoms with E-state index in [0.717, 1.165) is 30.6 Å². The van der Waals surface area contributed by atoms with Crippen LogP contribution in [0.5, 0.6) is 0 Å². The van der Waals surface area contributed by atoms with Gasteiger partial charge in [-0.1, -0.05) is 12.8 Å². The SMILES string of the molecule is Cn1cnnc1CN1C(=O)NC(=O)C(C2CCCC2)C1=O. The van der Waals surface area contributed by atoms with Crippen molar-refractivity contribution in [3.8, 4) is 0 Å². The van der Waals surface area contributed by atoms with Crippen LogP contribution in [0.2, 0.25) is 0 Å². The van der Waals surface area contributed by atoms with Gasteiger partial charge in [-0.15, -0.1) is 10.2 Å². The summed E-state index contributed by atoms with van der Waals surface area (Å²) in [6.07, 6.45) is 5.27. The Morgan fingerprint density at radius 2 is 2.00 bits per heavy atom. The summed E-state index contributed by atoms with van der Waals surface area (Å²) in [6, 6.07) is -0.678. The van der Waals surface area contributed by atoms with Crippen LogP contribution in [0.1, 0.15) is 31.5 Å². The summed E-state index contributed by atoms with van der Waals surface area (Å²) in [7, 11) is 1.74. The Morgan fingerprint density at radius 1 is 1.29 bits per heavy atom. The summed E-state index contributed by atoms with van der Waals surface area (Å²) in [5.41, 5.74) is 0. The van der Waals surface area contributed by atoms with E-state index in [2.05, 4.69) is 15.5 Å². The fourth-order valence-electron chi connectivity index (χ4n) is 3.08. The molecule has 112 valence electrons. The highest BCUT2D eigenvalue weighted by molar-refractivity contribution is 6.16. The number of carbonyl (C=O) groups is 3. The Bertz CT molecular complexity index is 590. The number of imide groups is 2. The van der Waals surface area contributed by atoms with Crippen LogP contribution >= 0.6 is 0 Å². The fourth-order valence-corrected chi connectivity index (χ4v) is 3.08. The smallest absolute Gasteiger partial charge is 0.319 e. The third-order valence-corrected chi connectivity index (χ3v) is 4.27.